The van der Waals surface area contributed by atoms with Gasteiger partial charge in [-0.15, -0.1) is 0 Å². The highest BCUT2D eigenvalue weighted by Crippen LogP contribution is 2.25. The number of rotatable bonds is 3. The number of aryl methyl sites for hydroxylation is 1. The Bertz CT molecular complexity index is 700. The Labute approximate surface area is 118 Å². The van der Waals surface area contributed by atoms with Gasteiger partial charge >= 0.3 is 0 Å². The summed E-state index contributed by atoms with van der Waals surface area (Å²) < 4.78 is 1.82. The van der Waals surface area contributed by atoms with Crippen molar-refractivity contribution >= 4 is 0 Å². The van der Waals surface area contributed by atoms with Crippen LogP contribution >= 0.6 is 0 Å². The van der Waals surface area contributed by atoms with Gasteiger partial charge < -0.3 is 5.11 Å². The molecule has 0 aliphatic heterocycles. The van der Waals surface area contributed by atoms with Crippen LogP contribution in [-0.2, 0) is 6.54 Å². The predicted molar refractivity (Wildman–Crippen MR) is 79.6 cm³/mol. The Morgan fingerprint density at radius 3 is 2.40 bits per heavy atom. The molecule has 2 aromatic carbocycles. The number of hydrogen-bond donors (Lipinski definition) is 1. The second-order valence-electron chi connectivity index (χ2n) is 4.88. The Kier molecular flexibility index (Phi) is 3.25. The third-order valence-corrected chi connectivity index (χ3v) is 3.37. The van der Waals surface area contributed by atoms with E-state index in [2.05, 4.69) is 24.0 Å². The van der Waals surface area contributed by atoms with Crippen LogP contribution in [0, 0.1) is 6.92 Å². The lowest BCUT2D eigenvalue weighted by Gasteiger charge is -2.09. The molecular formula is C17H16N2O. The molecule has 3 heteroatoms. The van der Waals surface area contributed by atoms with Crippen LogP contribution in [0.15, 0.2) is 60.8 Å². The predicted octanol–water partition coefficient (Wildman–Crippen LogP) is 3.61. The van der Waals surface area contributed by atoms with E-state index < -0.39 is 0 Å². The van der Waals surface area contributed by atoms with Crippen LogP contribution in [0.4, 0.5) is 0 Å². The Morgan fingerprint density at radius 2 is 1.70 bits per heavy atom. The summed E-state index contributed by atoms with van der Waals surface area (Å²) in [5, 5.41) is 9.96. The Hall–Kier alpha value is -2.55. The van der Waals surface area contributed by atoms with Crippen molar-refractivity contribution in [1.82, 2.24) is 9.55 Å². The average Bonchev–Trinajstić information content (AvgIpc) is 2.83. The van der Waals surface area contributed by atoms with Gasteiger partial charge in [-0.3, -0.25) is 4.57 Å². The number of imidazole rings is 1. The molecule has 0 fully saturated rings. The van der Waals surface area contributed by atoms with E-state index in [-0.39, 0.29) is 6.01 Å². The molecule has 3 rings (SSSR count). The summed E-state index contributed by atoms with van der Waals surface area (Å²) in [6, 6.07) is 18.3. The summed E-state index contributed by atoms with van der Waals surface area (Å²) in [6.07, 6.45) is 1.71. The van der Waals surface area contributed by atoms with E-state index in [9.17, 15) is 5.11 Å². The molecule has 100 valence electrons. The summed E-state index contributed by atoms with van der Waals surface area (Å²) in [6.45, 7) is 2.67. The number of nitrogens with zero attached hydrogens (tertiary/aromatic N) is 2. The van der Waals surface area contributed by atoms with E-state index in [0.29, 0.717) is 6.54 Å². The minimum absolute atomic E-state index is 0.0458. The summed E-state index contributed by atoms with van der Waals surface area (Å²) in [5.74, 6) is 0. The minimum atomic E-state index is 0.0458. The summed E-state index contributed by atoms with van der Waals surface area (Å²) in [7, 11) is 0. The highest BCUT2D eigenvalue weighted by Gasteiger charge is 2.11. The van der Waals surface area contributed by atoms with Crippen LogP contribution in [-0.4, -0.2) is 14.7 Å². The molecule has 0 saturated heterocycles. The maximum absolute atomic E-state index is 9.96. The van der Waals surface area contributed by atoms with Gasteiger partial charge in [0.05, 0.1) is 18.4 Å². The summed E-state index contributed by atoms with van der Waals surface area (Å²) in [5.41, 5.74) is 4.33. The average molecular weight is 264 g/mol. The second kappa shape index (κ2) is 5.21. The van der Waals surface area contributed by atoms with Crippen LogP contribution in [0.3, 0.4) is 0 Å². The molecule has 0 atom stereocenters. The van der Waals surface area contributed by atoms with Crippen molar-refractivity contribution in [2.45, 2.75) is 13.5 Å². The molecule has 0 unspecified atom stereocenters. The first-order valence-corrected chi connectivity index (χ1v) is 6.59. The van der Waals surface area contributed by atoms with E-state index in [4.69, 9.17) is 0 Å². The summed E-state index contributed by atoms with van der Waals surface area (Å²) >= 11 is 0. The highest BCUT2D eigenvalue weighted by molar-refractivity contribution is 5.60. The van der Waals surface area contributed by atoms with E-state index in [0.717, 1.165) is 16.8 Å². The molecule has 0 amide bonds. The SMILES string of the molecule is Cc1ccc(-c2cnc(O)n2Cc2ccccc2)cc1. The standard InChI is InChI=1S/C17H16N2O/c1-13-7-9-15(10-8-13)16-11-18-17(20)19(16)12-14-5-3-2-4-6-14/h2-11H,12H2,1H3,(H,18,20). The molecule has 0 aliphatic carbocycles. The molecule has 0 spiro atoms. The number of aromatic nitrogens is 2. The number of hydrogen-bond acceptors (Lipinski definition) is 2. The lowest BCUT2D eigenvalue weighted by molar-refractivity contribution is 0.406. The first-order valence-electron chi connectivity index (χ1n) is 6.59. The maximum Gasteiger partial charge on any atom is 0.294 e. The van der Waals surface area contributed by atoms with Crippen LogP contribution < -0.4 is 0 Å². The van der Waals surface area contributed by atoms with Crippen LogP contribution in [0.1, 0.15) is 11.1 Å². The third-order valence-electron chi connectivity index (χ3n) is 3.37. The molecule has 0 aliphatic rings. The first kappa shape index (κ1) is 12.5. The quantitative estimate of drug-likeness (QED) is 0.784. The lowest BCUT2D eigenvalue weighted by Crippen LogP contribution is -2.01. The zero-order valence-electron chi connectivity index (χ0n) is 11.3. The Morgan fingerprint density at radius 1 is 1.00 bits per heavy atom. The number of benzene rings is 2. The van der Waals surface area contributed by atoms with Crippen molar-refractivity contribution in [3.05, 3.63) is 71.9 Å². The van der Waals surface area contributed by atoms with Crippen molar-refractivity contribution in [2.24, 2.45) is 0 Å². The van der Waals surface area contributed by atoms with E-state index in [1.807, 2.05) is 47.0 Å². The minimum Gasteiger partial charge on any atom is -0.480 e. The molecular weight excluding hydrogens is 248 g/mol. The Balaban J connectivity index is 1.99. The second-order valence-corrected chi connectivity index (χ2v) is 4.88. The third kappa shape index (κ3) is 2.43. The molecule has 0 saturated carbocycles. The molecule has 0 radical (unpaired) electrons. The smallest absolute Gasteiger partial charge is 0.294 e. The van der Waals surface area contributed by atoms with Gasteiger partial charge in [-0.1, -0.05) is 60.2 Å². The van der Waals surface area contributed by atoms with Gasteiger partial charge in [0, 0.05) is 0 Å². The highest BCUT2D eigenvalue weighted by atomic mass is 16.3. The van der Waals surface area contributed by atoms with Crippen molar-refractivity contribution in [3.63, 3.8) is 0 Å². The van der Waals surface area contributed by atoms with Gasteiger partial charge in [0.2, 0.25) is 0 Å². The largest absolute Gasteiger partial charge is 0.480 e. The fraction of sp³-hybridized carbons (Fsp3) is 0.118. The van der Waals surface area contributed by atoms with Crippen molar-refractivity contribution in [3.8, 4) is 17.3 Å². The molecule has 3 aromatic rings. The van der Waals surface area contributed by atoms with Crippen LogP contribution in [0.5, 0.6) is 6.01 Å². The van der Waals surface area contributed by atoms with E-state index in [1.165, 1.54) is 5.56 Å². The fourth-order valence-corrected chi connectivity index (χ4v) is 2.24. The fourth-order valence-electron chi connectivity index (χ4n) is 2.24. The van der Waals surface area contributed by atoms with Crippen LogP contribution in [0.25, 0.3) is 11.3 Å². The van der Waals surface area contributed by atoms with E-state index >= 15 is 0 Å². The molecule has 20 heavy (non-hydrogen) atoms. The maximum atomic E-state index is 9.96. The van der Waals surface area contributed by atoms with Gasteiger partial charge in [0.25, 0.3) is 6.01 Å². The zero-order valence-corrected chi connectivity index (χ0v) is 11.3. The molecule has 1 heterocycles. The van der Waals surface area contributed by atoms with Gasteiger partial charge in [0.15, 0.2) is 0 Å². The topological polar surface area (TPSA) is 38.1 Å². The monoisotopic (exact) mass is 264 g/mol. The molecule has 1 N–H and O–H groups in total. The van der Waals surface area contributed by atoms with Crippen molar-refractivity contribution < 1.29 is 5.11 Å². The molecule has 1 aromatic heterocycles. The molecule has 0 bridgehead atoms. The van der Waals surface area contributed by atoms with Crippen molar-refractivity contribution in [1.29, 1.82) is 0 Å². The van der Waals surface area contributed by atoms with Gasteiger partial charge in [0.1, 0.15) is 0 Å². The van der Waals surface area contributed by atoms with Gasteiger partial charge in [-0.05, 0) is 18.1 Å². The van der Waals surface area contributed by atoms with Crippen LogP contribution in [0.2, 0.25) is 0 Å². The van der Waals surface area contributed by atoms with E-state index in [1.54, 1.807) is 6.20 Å². The first-order chi connectivity index (χ1) is 9.74. The normalized spacial score (nSPS) is 10.7. The molecule has 3 nitrogen and oxygen atoms in total. The van der Waals surface area contributed by atoms with Gasteiger partial charge in [-0.25, -0.2) is 4.98 Å². The summed E-state index contributed by atoms with van der Waals surface area (Å²) in [4.78, 5) is 4.03. The van der Waals surface area contributed by atoms with Gasteiger partial charge in [-0.2, -0.15) is 0 Å². The lowest BCUT2D eigenvalue weighted by atomic mass is 10.1. The zero-order chi connectivity index (χ0) is 13.9. The number of aromatic hydroxyl groups is 1. The van der Waals surface area contributed by atoms with Crippen molar-refractivity contribution in [2.75, 3.05) is 0 Å².